The Morgan fingerprint density at radius 2 is 1.86 bits per heavy atom. The van der Waals surface area contributed by atoms with Crippen LogP contribution in [-0.4, -0.2) is 16.4 Å². The number of allylic oxidation sites excluding steroid dienone is 1. The van der Waals surface area contributed by atoms with Crippen molar-refractivity contribution in [3.05, 3.63) is 88.3 Å². The van der Waals surface area contributed by atoms with Crippen molar-refractivity contribution < 1.29 is 9.18 Å². The predicted octanol–water partition coefficient (Wildman–Crippen LogP) is 3.92. The topological polar surface area (TPSA) is 56.4 Å². The van der Waals surface area contributed by atoms with Crippen LogP contribution < -0.4 is 16.0 Å². The molecular formula is C21H21FN4OS. The van der Waals surface area contributed by atoms with Gasteiger partial charge in [-0.2, -0.15) is 0 Å². The molecule has 0 aromatic heterocycles. The van der Waals surface area contributed by atoms with Gasteiger partial charge in [-0.1, -0.05) is 42.1 Å². The zero-order valence-corrected chi connectivity index (χ0v) is 16.2. The summed E-state index contributed by atoms with van der Waals surface area (Å²) in [6.45, 7) is 2.88. The highest BCUT2D eigenvalue weighted by Crippen LogP contribution is 2.36. The molecule has 0 spiro atoms. The lowest BCUT2D eigenvalue weighted by Crippen LogP contribution is -2.34. The normalized spacial score (nSPS) is 17.5. The lowest BCUT2D eigenvalue weighted by Gasteiger charge is -2.14. The molecule has 4 rings (SSSR count). The average molecular weight is 396 g/mol. The van der Waals surface area contributed by atoms with E-state index in [1.165, 1.54) is 17.0 Å². The monoisotopic (exact) mass is 396 g/mol. The van der Waals surface area contributed by atoms with Crippen molar-refractivity contribution in [1.82, 2.24) is 20.9 Å². The Balaban J connectivity index is 1.31. The number of fused-ring (bicyclic) bond motifs is 1. The Morgan fingerprint density at radius 3 is 2.61 bits per heavy atom. The molecule has 1 atom stereocenters. The second kappa shape index (κ2) is 7.98. The van der Waals surface area contributed by atoms with Crippen LogP contribution in [0.4, 0.5) is 9.18 Å². The second-order valence-corrected chi connectivity index (χ2v) is 8.03. The first-order valence-electron chi connectivity index (χ1n) is 9.03. The van der Waals surface area contributed by atoms with Gasteiger partial charge in [0.2, 0.25) is 0 Å². The summed E-state index contributed by atoms with van der Waals surface area (Å²) < 4.78 is 12.9. The maximum atomic E-state index is 12.9. The summed E-state index contributed by atoms with van der Waals surface area (Å²) in [5, 5.41) is 9.14. The first-order valence-corrected chi connectivity index (χ1v) is 9.91. The van der Waals surface area contributed by atoms with Gasteiger partial charge in [0, 0.05) is 30.4 Å². The second-order valence-electron chi connectivity index (χ2n) is 6.71. The highest BCUT2D eigenvalue weighted by Gasteiger charge is 2.28. The number of nitrogens with one attached hydrogen (secondary N) is 3. The van der Waals surface area contributed by atoms with Gasteiger partial charge in [0.15, 0.2) is 5.50 Å². The molecule has 28 heavy (non-hydrogen) atoms. The number of hydrogen-bond acceptors (Lipinski definition) is 4. The molecule has 0 aliphatic carbocycles. The van der Waals surface area contributed by atoms with Gasteiger partial charge in [-0.15, -0.1) is 0 Å². The quantitative estimate of drug-likeness (QED) is 0.717. The van der Waals surface area contributed by atoms with Crippen LogP contribution in [0.5, 0.6) is 0 Å². The van der Waals surface area contributed by atoms with Crippen LogP contribution in [0.25, 0.3) is 5.70 Å². The van der Waals surface area contributed by atoms with Crippen molar-refractivity contribution in [1.29, 1.82) is 0 Å². The van der Waals surface area contributed by atoms with E-state index < -0.39 is 0 Å². The molecule has 5 nitrogen and oxygen atoms in total. The first kappa shape index (κ1) is 18.4. The highest BCUT2D eigenvalue weighted by molar-refractivity contribution is 8.03. The Bertz CT molecular complexity index is 942. The van der Waals surface area contributed by atoms with E-state index in [2.05, 4.69) is 52.3 Å². The van der Waals surface area contributed by atoms with Gasteiger partial charge >= 0.3 is 6.03 Å². The third-order valence-electron chi connectivity index (χ3n) is 4.51. The van der Waals surface area contributed by atoms with Crippen LogP contribution in [0.2, 0.25) is 0 Å². The van der Waals surface area contributed by atoms with Crippen LogP contribution in [0.15, 0.2) is 65.8 Å². The summed E-state index contributed by atoms with van der Waals surface area (Å²) >= 11 is 1.80. The molecule has 2 aliphatic heterocycles. The van der Waals surface area contributed by atoms with Crippen LogP contribution in [-0.2, 0) is 13.1 Å². The molecule has 2 amide bonds. The zero-order valence-electron chi connectivity index (χ0n) is 15.4. The largest absolute Gasteiger partial charge is 0.354 e. The Labute approximate surface area is 167 Å². The molecule has 2 aromatic carbocycles. The fraction of sp³-hybridized carbons (Fsp3) is 0.190. The van der Waals surface area contributed by atoms with Gasteiger partial charge in [-0.05, 0) is 41.8 Å². The summed E-state index contributed by atoms with van der Waals surface area (Å²) in [4.78, 5) is 15.5. The number of urea groups is 1. The number of halogens is 1. The van der Waals surface area contributed by atoms with E-state index in [4.69, 9.17) is 0 Å². The maximum absolute atomic E-state index is 12.9. The number of hydrogen-bond donors (Lipinski definition) is 3. The Kier molecular flexibility index (Phi) is 5.25. The smallest absolute Gasteiger partial charge is 0.315 e. The third kappa shape index (κ3) is 4.31. The Morgan fingerprint density at radius 1 is 1.11 bits per heavy atom. The molecule has 0 bridgehead atoms. The lowest BCUT2D eigenvalue weighted by molar-refractivity contribution is 0.240. The van der Waals surface area contributed by atoms with Gasteiger partial charge in [0.05, 0.1) is 5.70 Å². The van der Waals surface area contributed by atoms with Crippen molar-refractivity contribution in [2.24, 2.45) is 0 Å². The van der Waals surface area contributed by atoms with E-state index in [9.17, 15) is 9.18 Å². The van der Waals surface area contributed by atoms with E-state index in [0.29, 0.717) is 13.1 Å². The minimum Gasteiger partial charge on any atom is -0.354 e. The van der Waals surface area contributed by atoms with Crippen molar-refractivity contribution >= 4 is 23.5 Å². The molecule has 2 aromatic rings. The molecule has 2 heterocycles. The number of benzene rings is 2. The molecular weight excluding hydrogens is 375 g/mol. The van der Waals surface area contributed by atoms with E-state index in [1.807, 2.05) is 12.1 Å². The highest BCUT2D eigenvalue weighted by atomic mass is 32.2. The number of carbonyl (C=O) groups excluding carboxylic acids is 1. The molecule has 0 saturated carbocycles. The van der Waals surface area contributed by atoms with Crippen molar-refractivity contribution in [3.63, 3.8) is 0 Å². The third-order valence-corrected chi connectivity index (χ3v) is 5.58. The lowest BCUT2D eigenvalue weighted by atomic mass is 10.1. The van der Waals surface area contributed by atoms with E-state index in [1.54, 1.807) is 23.9 Å². The summed E-state index contributed by atoms with van der Waals surface area (Å²) in [5.41, 5.74) is 4.26. The fourth-order valence-electron chi connectivity index (χ4n) is 3.11. The number of nitrogens with zero attached hydrogens (tertiary/aromatic N) is 1. The van der Waals surface area contributed by atoms with Crippen molar-refractivity contribution in [2.75, 3.05) is 0 Å². The molecule has 144 valence electrons. The van der Waals surface area contributed by atoms with E-state index in [0.717, 1.165) is 22.4 Å². The summed E-state index contributed by atoms with van der Waals surface area (Å²) in [6.07, 6.45) is 4.24. The SMILES string of the molecule is CC1=CN2C=C(c3cccc(CNC(=O)NCc4ccc(F)cc4)c3)NC2S1. The predicted molar refractivity (Wildman–Crippen MR) is 110 cm³/mol. The van der Waals surface area contributed by atoms with E-state index in [-0.39, 0.29) is 17.3 Å². The molecule has 0 radical (unpaired) electrons. The minimum absolute atomic E-state index is 0.231. The number of amides is 2. The molecule has 7 heteroatoms. The number of rotatable bonds is 5. The zero-order chi connectivity index (χ0) is 19.5. The van der Waals surface area contributed by atoms with Crippen molar-refractivity contribution in [2.45, 2.75) is 25.5 Å². The van der Waals surface area contributed by atoms with Crippen LogP contribution in [0.3, 0.4) is 0 Å². The summed E-state index contributed by atoms with van der Waals surface area (Å²) in [6, 6.07) is 13.9. The average Bonchev–Trinajstić information content (AvgIpc) is 3.23. The summed E-state index contributed by atoms with van der Waals surface area (Å²) in [5.74, 6) is -0.287. The fourth-order valence-corrected chi connectivity index (χ4v) is 4.07. The molecule has 3 N–H and O–H groups in total. The van der Waals surface area contributed by atoms with E-state index >= 15 is 0 Å². The summed E-state index contributed by atoms with van der Waals surface area (Å²) in [7, 11) is 0. The molecule has 0 fully saturated rings. The van der Waals surface area contributed by atoms with Crippen molar-refractivity contribution in [3.8, 4) is 0 Å². The molecule has 1 unspecified atom stereocenters. The Hall–Kier alpha value is -2.93. The van der Waals surface area contributed by atoms with Crippen LogP contribution >= 0.6 is 11.8 Å². The standard InChI is InChI=1S/C21H21FN4OS/c1-14-12-26-13-19(25-21(26)28-14)17-4-2-3-16(9-17)11-24-20(27)23-10-15-5-7-18(22)8-6-15/h2-9,12-13,21,25H,10-11H2,1H3,(H2,23,24,27). The van der Waals surface area contributed by atoms with Crippen LogP contribution in [0, 0.1) is 5.82 Å². The maximum Gasteiger partial charge on any atom is 0.315 e. The minimum atomic E-state index is -0.287. The number of thioether (sulfide) groups is 1. The van der Waals surface area contributed by atoms with Gasteiger partial charge in [0.25, 0.3) is 0 Å². The van der Waals surface area contributed by atoms with Gasteiger partial charge in [0.1, 0.15) is 5.82 Å². The molecule has 0 saturated heterocycles. The molecule has 2 aliphatic rings. The number of carbonyl (C=O) groups is 1. The van der Waals surface area contributed by atoms with Gasteiger partial charge in [-0.25, -0.2) is 9.18 Å². The van der Waals surface area contributed by atoms with Crippen LogP contribution in [0.1, 0.15) is 23.6 Å². The van der Waals surface area contributed by atoms with Gasteiger partial charge < -0.3 is 20.9 Å². The van der Waals surface area contributed by atoms with Gasteiger partial charge in [-0.3, -0.25) is 0 Å². The first-order chi connectivity index (χ1) is 13.6.